The molecule has 0 unspecified atom stereocenters. The standard InChI is InChI=1S/C11H12N2O6S/c1-4-2-13(10(16)12-8(4)15)9-7-6(5(3-14)17-9)18-11(20)19-7/h2,5-7,9,14H,3H2,1H3,(H,12,15,16)/t5-,6-,7-,9-/m1/s1. The molecule has 0 aliphatic carbocycles. The number of nitrogens with one attached hydrogen (secondary N) is 1. The van der Waals surface area contributed by atoms with E-state index < -0.39 is 35.8 Å². The molecule has 3 rings (SSSR count). The molecule has 0 aromatic carbocycles. The van der Waals surface area contributed by atoms with Crippen molar-refractivity contribution in [3.05, 3.63) is 32.6 Å². The van der Waals surface area contributed by atoms with Gasteiger partial charge in [-0.3, -0.25) is 14.3 Å². The number of fused-ring (bicyclic) bond motifs is 1. The minimum Gasteiger partial charge on any atom is -0.446 e. The van der Waals surface area contributed by atoms with Crippen LogP contribution in [-0.2, 0) is 14.2 Å². The first-order valence-electron chi connectivity index (χ1n) is 5.97. The number of hydrogen-bond acceptors (Lipinski definition) is 7. The molecule has 1 aromatic heterocycles. The van der Waals surface area contributed by atoms with Gasteiger partial charge in [0.15, 0.2) is 18.4 Å². The van der Waals surface area contributed by atoms with Crippen molar-refractivity contribution in [3.63, 3.8) is 0 Å². The summed E-state index contributed by atoms with van der Waals surface area (Å²) in [6.45, 7) is 1.28. The van der Waals surface area contributed by atoms with E-state index in [1.807, 2.05) is 0 Å². The van der Waals surface area contributed by atoms with Gasteiger partial charge < -0.3 is 19.3 Å². The summed E-state index contributed by atoms with van der Waals surface area (Å²) in [7, 11) is 0. The summed E-state index contributed by atoms with van der Waals surface area (Å²) in [4.78, 5) is 25.4. The molecule has 3 heterocycles. The topological polar surface area (TPSA) is 103 Å². The molecule has 0 bridgehead atoms. The fraction of sp³-hybridized carbons (Fsp3) is 0.545. The lowest BCUT2D eigenvalue weighted by Crippen LogP contribution is -2.37. The summed E-state index contributed by atoms with van der Waals surface area (Å²) >= 11 is 4.83. The third-order valence-electron chi connectivity index (χ3n) is 3.35. The fourth-order valence-corrected chi connectivity index (χ4v) is 2.59. The highest BCUT2D eigenvalue weighted by Gasteiger charge is 2.53. The Labute approximate surface area is 117 Å². The molecule has 2 N–H and O–H groups in total. The number of aliphatic hydroxyl groups is 1. The molecule has 2 aliphatic rings. The Hall–Kier alpha value is -1.71. The molecule has 108 valence electrons. The molecule has 2 saturated heterocycles. The summed E-state index contributed by atoms with van der Waals surface area (Å²) < 4.78 is 17.4. The van der Waals surface area contributed by atoms with E-state index in [1.165, 1.54) is 10.8 Å². The van der Waals surface area contributed by atoms with Gasteiger partial charge in [-0.05, 0) is 6.92 Å². The number of aromatic amines is 1. The third-order valence-corrected chi connectivity index (χ3v) is 3.54. The average Bonchev–Trinajstić information content (AvgIpc) is 2.91. The van der Waals surface area contributed by atoms with Gasteiger partial charge in [0.25, 0.3) is 5.56 Å². The zero-order valence-corrected chi connectivity index (χ0v) is 11.3. The van der Waals surface area contributed by atoms with E-state index >= 15 is 0 Å². The molecule has 1 aromatic rings. The van der Waals surface area contributed by atoms with Crippen molar-refractivity contribution in [1.82, 2.24) is 9.55 Å². The van der Waals surface area contributed by atoms with E-state index in [0.717, 1.165) is 0 Å². The van der Waals surface area contributed by atoms with E-state index in [1.54, 1.807) is 6.92 Å². The minimum absolute atomic E-state index is 0.0408. The van der Waals surface area contributed by atoms with Crippen LogP contribution in [0.2, 0.25) is 0 Å². The van der Waals surface area contributed by atoms with E-state index in [0.29, 0.717) is 5.56 Å². The van der Waals surface area contributed by atoms with Crippen molar-refractivity contribution in [3.8, 4) is 0 Å². The van der Waals surface area contributed by atoms with Crippen LogP contribution in [0.25, 0.3) is 0 Å². The molecule has 0 saturated carbocycles. The van der Waals surface area contributed by atoms with Gasteiger partial charge in [-0.15, -0.1) is 0 Å². The van der Waals surface area contributed by atoms with Crippen LogP contribution in [0.3, 0.4) is 0 Å². The van der Waals surface area contributed by atoms with Crippen LogP contribution >= 0.6 is 12.2 Å². The number of aryl methyl sites for hydroxylation is 1. The van der Waals surface area contributed by atoms with Gasteiger partial charge in [0, 0.05) is 24.0 Å². The van der Waals surface area contributed by atoms with Gasteiger partial charge in [0.05, 0.1) is 6.61 Å². The molecule has 0 spiro atoms. The Morgan fingerprint density at radius 1 is 1.40 bits per heavy atom. The van der Waals surface area contributed by atoms with E-state index in [9.17, 15) is 14.7 Å². The van der Waals surface area contributed by atoms with Crippen LogP contribution in [0.4, 0.5) is 0 Å². The van der Waals surface area contributed by atoms with Crippen molar-refractivity contribution < 1.29 is 19.3 Å². The Morgan fingerprint density at radius 3 is 2.80 bits per heavy atom. The number of aliphatic hydroxyl groups excluding tert-OH is 1. The Bertz CT molecular complexity index is 668. The second-order valence-corrected chi connectivity index (χ2v) is 4.97. The Morgan fingerprint density at radius 2 is 2.10 bits per heavy atom. The smallest absolute Gasteiger partial charge is 0.353 e. The molecule has 8 nitrogen and oxygen atoms in total. The maximum absolute atomic E-state index is 11.9. The summed E-state index contributed by atoms with van der Waals surface area (Å²) in [5.41, 5.74) is -0.721. The predicted octanol–water partition coefficient (Wildman–Crippen LogP) is -1.20. The largest absolute Gasteiger partial charge is 0.446 e. The molecule has 20 heavy (non-hydrogen) atoms. The number of H-pyrrole nitrogens is 1. The van der Waals surface area contributed by atoms with Gasteiger partial charge in [0.2, 0.25) is 0 Å². The fourth-order valence-electron chi connectivity index (χ4n) is 2.37. The molecule has 0 radical (unpaired) electrons. The predicted molar refractivity (Wildman–Crippen MR) is 69.4 cm³/mol. The van der Waals surface area contributed by atoms with Crippen molar-refractivity contribution in [2.45, 2.75) is 31.5 Å². The van der Waals surface area contributed by atoms with Crippen LogP contribution < -0.4 is 11.2 Å². The monoisotopic (exact) mass is 300 g/mol. The second-order valence-electron chi connectivity index (χ2n) is 4.64. The van der Waals surface area contributed by atoms with Crippen molar-refractivity contribution in [1.29, 1.82) is 0 Å². The maximum atomic E-state index is 11.9. The molecule has 2 aliphatic heterocycles. The number of thiocarbonyl (C=S) groups is 1. The molecular formula is C11H12N2O6S. The normalized spacial score (nSPS) is 31.8. The number of aromatic nitrogens is 2. The van der Waals surface area contributed by atoms with Gasteiger partial charge in [-0.25, -0.2) is 4.79 Å². The van der Waals surface area contributed by atoms with Crippen LogP contribution in [0.1, 0.15) is 11.8 Å². The van der Waals surface area contributed by atoms with E-state index in [2.05, 4.69) is 4.98 Å². The zero-order chi connectivity index (χ0) is 14.4. The van der Waals surface area contributed by atoms with Gasteiger partial charge in [-0.2, -0.15) is 0 Å². The first kappa shape index (κ1) is 13.3. The van der Waals surface area contributed by atoms with Crippen LogP contribution in [-0.4, -0.2) is 44.8 Å². The molecule has 2 fully saturated rings. The van der Waals surface area contributed by atoms with Crippen LogP contribution in [0, 0.1) is 6.92 Å². The highest BCUT2D eigenvalue weighted by atomic mass is 32.1. The maximum Gasteiger partial charge on any atom is 0.353 e. The van der Waals surface area contributed by atoms with Crippen LogP contribution in [0.15, 0.2) is 15.8 Å². The van der Waals surface area contributed by atoms with Gasteiger partial charge in [-0.1, -0.05) is 0 Å². The lowest BCUT2D eigenvalue weighted by Gasteiger charge is -2.18. The molecule has 0 amide bonds. The third kappa shape index (κ3) is 1.94. The van der Waals surface area contributed by atoms with E-state index in [-0.39, 0.29) is 11.8 Å². The van der Waals surface area contributed by atoms with Crippen molar-refractivity contribution in [2.75, 3.05) is 6.61 Å². The minimum atomic E-state index is -0.819. The number of nitrogens with zero attached hydrogens (tertiary/aromatic N) is 1. The van der Waals surface area contributed by atoms with Crippen molar-refractivity contribution >= 4 is 17.5 Å². The lowest BCUT2D eigenvalue weighted by atomic mass is 10.1. The highest BCUT2D eigenvalue weighted by Crippen LogP contribution is 2.37. The highest BCUT2D eigenvalue weighted by molar-refractivity contribution is 7.79. The summed E-state index contributed by atoms with van der Waals surface area (Å²) in [5.74, 6) is 0. The second kappa shape index (κ2) is 4.69. The average molecular weight is 300 g/mol. The quantitative estimate of drug-likeness (QED) is 0.662. The molecule has 9 heteroatoms. The van der Waals surface area contributed by atoms with Crippen LogP contribution in [0.5, 0.6) is 0 Å². The molecular weight excluding hydrogens is 288 g/mol. The Kier molecular flexibility index (Phi) is 3.11. The SMILES string of the molecule is Cc1cn([C@@H]2O[C@H](CO)[C@H]3OC(=S)O[C@H]32)c(=O)[nH]c1=O. The lowest BCUT2D eigenvalue weighted by molar-refractivity contribution is -0.0637. The molecule has 4 atom stereocenters. The Balaban J connectivity index is 2.02. The number of rotatable bonds is 2. The summed E-state index contributed by atoms with van der Waals surface area (Å²) in [5, 5.41) is 9.24. The summed E-state index contributed by atoms with van der Waals surface area (Å²) in [6.07, 6.45) is -1.29. The van der Waals surface area contributed by atoms with Crippen molar-refractivity contribution in [2.24, 2.45) is 0 Å². The number of hydrogen-bond donors (Lipinski definition) is 2. The first-order valence-corrected chi connectivity index (χ1v) is 6.37. The van der Waals surface area contributed by atoms with E-state index in [4.69, 9.17) is 26.4 Å². The first-order chi connectivity index (χ1) is 9.51. The number of ether oxygens (including phenoxy) is 3. The van der Waals surface area contributed by atoms with Gasteiger partial charge >= 0.3 is 10.9 Å². The van der Waals surface area contributed by atoms with Gasteiger partial charge in [0.1, 0.15) is 6.10 Å². The zero-order valence-electron chi connectivity index (χ0n) is 10.4. The summed E-state index contributed by atoms with van der Waals surface area (Å²) in [6, 6.07) is 0.